The minimum absolute atomic E-state index is 0.187. The van der Waals surface area contributed by atoms with Crippen molar-refractivity contribution in [2.45, 2.75) is 5.38 Å². The molecule has 4 heteroatoms. The summed E-state index contributed by atoms with van der Waals surface area (Å²) in [7, 11) is 0. The number of amidine groups is 1. The van der Waals surface area contributed by atoms with Gasteiger partial charge in [0.05, 0.1) is 11.9 Å². The lowest BCUT2D eigenvalue weighted by Crippen LogP contribution is -2.20. The third-order valence-corrected chi connectivity index (χ3v) is 2.33. The first-order valence-corrected chi connectivity index (χ1v) is 3.78. The first kappa shape index (κ1) is 6.23. The molecular formula is C4H7ClN2S. The Hall–Kier alpha value is 0.110. The zero-order chi connectivity index (χ0) is 5.98. The van der Waals surface area contributed by atoms with Crippen LogP contribution in [0.1, 0.15) is 0 Å². The lowest BCUT2D eigenvalue weighted by molar-refractivity contribution is 0.945. The first-order chi connectivity index (χ1) is 3.79. The van der Waals surface area contributed by atoms with Crippen LogP contribution in [-0.4, -0.2) is 22.8 Å². The van der Waals surface area contributed by atoms with Crippen molar-refractivity contribution in [1.29, 1.82) is 0 Å². The third-order valence-electron chi connectivity index (χ3n) is 0.857. The van der Waals surface area contributed by atoms with Crippen LogP contribution < -0.4 is 5.73 Å². The maximum Gasteiger partial charge on any atom is 0.153 e. The number of aliphatic imine (C=N–C) groups is 1. The Kier molecular flexibility index (Phi) is 2.02. The molecule has 0 aromatic carbocycles. The number of hydrogen-bond donors (Lipinski definition) is 1. The standard InChI is InChI=1S/C4H7ClN2S/c5-3-1-7-4(6)8-2-3/h3H,1-2H2,(H2,6,7). The quantitative estimate of drug-likeness (QED) is 0.516. The molecule has 1 heterocycles. The number of nitrogens with zero attached hydrogens (tertiary/aromatic N) is 1. The highest BCUT2D eigenvalue weighted by molar-refractivity contribution is 8.13. The molecule has 1 rings (SSSR count). The van der Waals surface area contributed by atoms with Gasteiger partial charge in [0.2, 0.25) is 0 Å². The normalized spacial score (nSPS) is 29.6. The van der Waals surface area contributed by atoms with E-state index in [1.165, 1.54) is 11.8 Å². The van der Waals surface area contributed by atoms with Crippen molar-refractivity contribution in [2.24, 2.45) is 10.7 Å². The van der Waals surface area contributed by atoms with Gasteiger partial charge in [0.15, 0.2) is 5.17 Å². The van der Waals surface area contributed by atoms with E-state index in [9.17, 15) is 0 Å². The fraction of sp³-hybridized carbons (Fsp3) is 0.750. The Balaban J connectivity index is 2.42. The molecule has 1 aliphatic rings. The molecule has 0 radical (unpaired) electrons. The molecule has 1 atom stereocenters. The Morgan fingerprint density at radius 3 is 3.00 bits per heavy atom. The summed E-state index contributed by atoms with van der Waals surface area (Å²) in [4.78, 5) is 3.94. The molecule has 46 valence electrons. The summed E-state index contributed by atoms with van der Waals surface area (Å²) in [6.45, 7) is 0.681. The largest absolute Gasteiger partial charge is 0.379 e. The molecule has 8 heavy (non-hydrogen) atoms. The molecule has 1 unspecified atom stereocenters. The molecule has 0 fully saturated rings. The molecule has 0 aliphatic carbocycles. The van der Waals surface area contributed by atoms with Gasteiger partial charge in [0, 0.05) is 5.75 Å². The summed E-state index contributed by atoms with van der Waals surface area (Å²) in [6.07, 6.45) is 0. The third kappa shape index (κ3) is 1.56. The van der Waals surface area contributed by atoms with E-state index in [1.807, 2.05) is 0 Å². The van der Waals surface area contributed by atoms with Crippen molar-refractivity contribution < 1.29 is 0 Å². The maximum absolute atomic E-state index is 5.70. The summed E-state index contributed by atoms with van der Waals surface area (Å²) in [6, 6.07) is 0. The average molecular weight is 151 g/mol. The van der Waals surface area contributed by atoms with Crippen molar-refractivity contribution in [3.63, 3.8) is 0 Å². The highest BCUT2D eigenvalue weighted by atomic mass is 35.5. The molecule has 0 saturated heterocycles. The number of thioether (sulfide) groups is 1. The van der Waals surface area contributed by atoms with Crippen LogP contribution in [0.2, 0.25) is 0 Å². The molecule has 0 bridgehead atoms. The molecule has 2 N–H and O–H groups in total. The van der Waals surface area contributed by atoms with E-state index < -0.39 is 0 Å². The van der Waals surface area contributed by atoms with Crippen LogP contribution >= 0.6 is 23.4 Å². The Morgan fingerprint density at radius 2 is 2.62 bits per heavy atom. The summed E-state index contributed by atoms with van der Waals surface area (Å²) in [5, 5.41) is 0.856. The van der Waals surface area contributed by atoms with Crippen molar-refractivity contribution in [2.75, 3.05) is 12.3 Å². The number of hydrogen-bond acceptors (Lipinski definition) is 3. The number of nitrogens with two attached hydrogens (primary N) is 1. The summed E-state index contributed by atoms with van der Waals surface area (Å²) >= 11 is 7.22. The minimum Gasteiger partial charge on any atom is -0.379 e. The van der Waals surface area contributed by atoms with Crippen LogP contribution in [0, 0.1) is 0 Å². The average Bonchev–Trinajstić information content (AvgIpc) is 1.77. The Bertz CT molecular complexity index is 115. The van der Waals surface area contributed by atoms with Crippen molar-refractivity contribution in [3.8, 4) is 0 Å². The van der Waals surface area contributed by atoms with Crippen molar-refractivity contribution in [1.82, 2.24) is 0 Å². The van der Waals surface area contributed by atoms with Crippen LogP contribution in [0.5, 0.6) is 0 Å². The van der Waals surface area contributed by atoms with E-state index >= 15 is 0 Å². The zero-order valence-electron chi connectivity index (χ0n) is 4.30. The Labute approximate surface area is 57.5 Å². The number of alkyl halides is 1. The molecule has 0 spiro atoms. The highest BCUT2D eigenvalue weighted by Gasteiger charge is 2.09. The van der Waals surface area contributed by atoms with Crippen molar-refractivity contribution >= 4 is 28.5 Å². The van der Waals surface area contributed by atoms with Gasteiger partial charge >= 0.3 is 0 Å². The van der Waals surface area contributed by atoms with E-state index in [-0.39, 0.29) is 5.38 Å². The van der Waals surface area contributed by atoms with Crippen LogP contribution in [0.3, 0.4) is 0 Å². The Morgan fingerprint density at radius 1 is 1.88 bits per heavy atom. The summed E-state index contributed by atoms with van der Waals surface area (Å²) in [5.74, 6) is 0.900. The van der Waals surface area contributed by atoms with Crippen LogP contribution in [-0.2, 0) is 0 Å². The van der Waals surface area contributed by atoms with E-state index in [1.54, 1.807) is 0 Å². The molecule has 2 nitrogen and oxygen atoms in total. The lowest BCUT2D eigenvalue weighted by atomic mass is 10.5. The number of halogens is 1. The molecule has 0 saturated carbocycles. The molecule has 0 aromatic rings. The van der Waals surface area contributed by atoms with Gasteiger partial charge in [-0.1, -0.05) is 11.8 Å². The monoisotopic (exact) mass is 150 g/mol. The van der Waals surface area contributed by atoms with E-state index in [0.717, 1.165) is 5.75 Å². The molecule has 0 amide bonds. The maximum atomic E-state index is 5.70. The fourth-order valence-electron chi connectivity index (χ4n) is 0.463. The fourth-order valence-corrected chi connectivity index (χ4v) is 1.34. The second-order valence-corrected chi connectivity index (χ2v) is 3.24. The highest BCUT2D eigenvalue weighted by Crippen LogP contribution is 2.13. The smallest absolute Gasteiger partial charge is 0.153 e. The second-order valence-electron chi connectivity index (χ2n) is 1.59. The van der Waals surface area contributed by atoms with Crippen LogP contribution in [0.4, 0.5) is 0 Å². The van der Waals surface area contributed by atoms with Gasteiger partial charge in [-0.2, -0.15) is 0 Å². The van der Waals surface area contributed by atoms with E-state index in [4.69, 9.17) is 17.3 Å². The van der Waals surface area contributed by atoms with Crippen LogP contribution in [0.25, 0.3) is 0 Å². The lowest BCUT2D eigenvalue weighted by Gasteiger charge is -2.10. The molecule has 1 aliphatic heterocycles. The zero-order valence-corrected chi connectivity index (χ0v) is 5.87. The molecular weight excluding hydrogens is 144 g/mol. The van der Waals surface area contributed by atoms with Gasteiger partial charge in [-0.25, -0.2) is 0 Å². The van der Waals surface area contributed by atoms with E-state index in [0.29, 0.717) is 11.7 Å². The summed E-state index contributed by atoms with van der Waals surface area (Å²) < 4.78 is 0. The predicted octanol–water partition coefficient (Wildman–Crippen LogP) is 0.655. The predicted molar refractivity (Wildman–Crippen MR) is 38.6 cm³/mol. The van der Waals surface area contributed by atoms with Gasteiger partial charge in [-0.15, -0.1) is 11.6 Å². The van der Waals surface area contributed by atoms with Gasteiger partial charge in [-0.05, 0) is 0 Å². The van der Waals surface area contributed by atoms with Gasteiger partial charge < -0.3 is 5.73 Å². The first-order valence-electron chi connectivity index (χ1n) is 2.36. The van der Waals surface area contributed by atoms with Crippen molar-refractivity contribution in [3.05, 3.63) is 0 Å². The minimum atomic E-state index is 0.187. The molecule has 0 aromatic heterocycles. The van der Waals surface area contributed by atoms with Gasteiger partial charge in [0.1, 0.15) is 0 Å². The van der Waals surface area contributed by atoms with Gasteiger partial charge in [-0.3, -0.25) is 4.99 Å². The summed E-state index contributed by atoms with van der Waals surface area (Å²) in [5.41, 5.74) is 5.35. The topological polar surface area (TPSA) is 38.4 Å². The van der Waals surface area contributed by atoms with Gasteiger partial charge in [0.25, 0.3) is 0 Å². The van der Waals surface area contributed by atoms with Crippen LogP contribution in [0.15, 0.2) is 4.99 Å². The number of rotatable bonds is 0. The second kappa shape index (κ2) is 2.60. The SMILES string of the molecule is NC1=NCC(Cl)CS1. The van der Waals surface area contributed by atoms with E-state index in [2.05, 4.69) is 4.99 Å².